The van der Waals surface area contributed by atoms with Gasteiger partial charge in [-0.1, -0.05) is 29.8 Å². The lowest BCUT2D eigenvalue weighted by Crippen LogP contribution is -2.13. The molecule has 1 heterocycles. The number of benzene rings is 2. The number of nitrogens with zero attached hydrogens (tertiary/aromatic N) is 2. The van der Waals surface area contributed by atoms with Gasteiger partial charge in [0.1, 0.15) is 11.6 Å². The van der Waals surface area contributed by atoms with Crippen LogP contribution in [0.15, 0.2) is 60.9 Å². The Labute approximate surface area is 144 Å². The fourth-order valence-electron chi connectivity index (χ4n) is 2.01. The Kier molecular flexibility index (Phi) is 4.72. The van der Waals surface area contributed by atoms with Crippen molar-refractivity contribution in [3.05, 3.63) is 77.3 Å². The molecule has 24 heavy (non-hydrogen) atoms. The van der Waals surface area contributed by atoms with Crippen LogP contribution in [0.2, 0.25) is 5.02 Å². The highest BCUT2D eigenvalue weighted by atomic mass is 35.5. The monoisotopic (exact) mass is 339 g/mol. The van der Waals surface area contributed by atoms with Gasteiger partial charge in [-0.05, 0) is 37.3 Å². The molecule has 0 atom stereocenters. The molecule has 120 valence electrons. The Balaban J connectivity index is 1.85. The highest BCUT2D eigenvalue weighted by Gasteiger charge is 2.12. The second kappa shape index (κ2) is 7.10. The number of aryl methyl sites for hydroxylation is 1. The molecule has 0 aliphatic carbocycles. The summed E-state index contributed by atoms with van der Waals surface area (Å²) in [6, 6.07) is 14.3. The van der Waals surface area contributed by atoms with E-state index in [4.69, 9.17) is 16.3 Å². The number of carbonyl (C=O) groups is 1. The van der Waals surface area contributed by atoms with Crippen LogP contribution in [0.4, 0.5) is 5.69 Å². The first kappa shape index (κ1) is 16.0. The van der Waals surface area contributed by atoms with Gasteiger partial charge in [-0.25, -0.2) is 9.97 Å². The zero-order valence-corrected chi connectivity index (χ0v) is 13.6. The van der Waals surface area contributed by atoms with Crippen molar-refractivity contribution in [3.63, 3.8) is 0 Å². The van der Waals surface area contributed by atoms with Crippen LogP contribution in [-0.4, -0.2) is 15.9 Å². The van der Waals surface area contributed by atoms with Gasteiger partial charge in [0, 0.05) is 17.4 Å². The third-order valence-electron chi connectivity index (χ3n) is 3.20. The van der Waals surface area contributed by atoms with Crippen LogP contribution >= 0.6 is 11.6 Å². The molecule has 0 radical (unpaired) electrons. The Morgan fingerprint density at radius 1 is 1.08 bits per heavy atom. The van der Waals surface area contributed by atoms with Crippen molar-refractivity contribution in [3.8, 4) is 11.5 Å². The summed E-state index contributed by atoms with van der Waals surface area (Å²) in [4.78, 5) is 20.4. The minimum absolute atomic E-state index is 0.338. The second-order valence-electron chi connectivity index (χ2n) is 5.03. The molecule has 1 amide bonds. The predicted molar refractivity (Wildman–Crippen MR) is 92.7 cm³/mol. The van der Waals surface area contributed by atoms with E-state index in [1.165, 1.54) is 12.4 Å². The summed E-state index contributed by atoms with van der Waals surface area (Å²) >= 11 is 6.04. The molecule has 1 aromatic heterocycles. The third kappa shape index (κ3) is 3.88. The van der Waals surface area contributed by atoms with E-state index in [1.807, 2.05) is 30.3 Å². The van der Waals surface area contributed by atoms with Crippen LogP contribution in [0.5, 0.6) is 11.5 Å². The number of aromatic nitrogens is 2. The number of amides is 1. The molecule has 3 rings (SSSR count). The van der Waals surface area contributed by atoms with Gasteiger partial charge < -0.3 is 10.1 Å². The predicted octanol–water partition coefficient (Wildman–Crippen LogP) is 4.48. The van der Waals surface area contributed by atoms with E-state index in [0.29, 0.717) is 33.6 Å². The highest BCUT2D eigenvalue weighted by molar-refractivity contribution is 6.31. The maximum atomic E-state index is 12.4. The van der Waals surface area contributed by atoms with Crippen LogP contribution in [-0.2, 0) is 0 Å². The summed E-state index contributed by atoms with van der Waals surface area (Å²) in [5.74, 6) is 1.42. The first-order valence-corrected chi connectivity index (χ1v) is 7.62. The quantitative estimate of drug-likeness (QED) is 0.761. The maximum Gasteiger partial charge on any atom is 0.258 e. The molecular formula is C18H14ClN3O2. The molecular weight excluding hydrogens is 326 g/mol. The van der Waals surface area contributed by atoms with Crippen molar-refractivity contribution >= 4 is 23.2 Å². The van der Waals surface area contributed by atoms with Crippen molar-refractivity contribution in [2.45, 2.75) is 6.92 Å². The van der Waals surface area contributed by atoms with Gasteiger partial charge in [-0.15, -0.1) is 0 Å². The lowest BCUT2D eigenvalue weighted by molar-refractivity contribution is 0.102. The van der Waals surface area contributed by atoms with Crippen molar-refractivity contribution in [1.29, 1.82) is 0 Å². The molecule has 0 unspecified atom stereocenters. The molecule has 6 heteroatoms. The standard InChI is InChI=1S/C18H14ClN3O2/c1-12-20-10-13(11-21-12)18(23)22-16-9-14(19)7-8-17(16)24-15-5-3-2-4-6-15/h2-11H,1H3,(H,22,23). The molecule has 2 aromatic carbocycles. The molecule has 0 saturated carbocycles. The smallest absolute Gasteiger partial charge is 0.258 e. The Morgan fingerprint density at radius 2 is 1.79 bits per heavy atom. The molecule has 0 aliphatic rings. The summed E-state index contributed by atoms with van der Waals surface area (Å²) in [6.45, 7) is 1.75. The second-order valence-corrected chi connectivity index (χ2v) is 5.47. The normalized spacial score (nSPS) is 10.2. The van der Waals surface area contributed by atoms with Crippen LogP contribution in [0.3, 0.4) is 0 Å². The van der Waals surface area contributed by atoms with Crippen LogP contribution in [0.1, 0.15) is 16.2 Å². The van der Waals surface area contributed by atoms with Crippen molar-refractivity contribution < 1.29 is 9.53 Å². The average molecular weight is 340 g/mol. The summed E-state index contributed by atoms with van der Waals surface area (Å²) in [5, 5.41) is 3.27. The van der Waals surface area contributed by atoms with Crippen LogP contribution in [0.25, 0.3) is 0 Å². The topological polar surface area (TPSA) is 64.1 Å². The van der Waals surface area contributed by atoms with E-state index in [1.54, 1.807) is 25.1 Å². The number of anilines is 1. The molecule has 3 aromatic rings. The fraction of sp³-hybridized carbons (Fsp3) is 0.0556. The summed E-state index contributed by atoms with van der Waals surface area (Å²) < 4.78 is 5.82. The number of halogens is 1. The molecule has 5 nitrogen and oxygen atoms in total. The van der Waals surface area contributed by atoms with Gasteiger partial charge in [-0.3, -0.25) is 4.79 Å². The molecule has 0 aliphatic heterocycles. The van der Waals surface area contributed by atoms with E-state index < -0.39 is 0 Å². The number of hydrogen-bond acceptors (Lipinski definition) is 4. The van der Waals surface area contributed by atoms with Crippen molar-refractivity contribution in [2.24, 2.45) is 0 Å². The van der Waals surface area contributed by atoms with Gasteiger partial charge in [-0.2, -0.15) is 0 Å². The molecule has 1 N–H and O–H groups in total. The van der Waals surface area contributed by atoms with Gasteiger partial charge in [0.05, 0.1) is 11.3 Å². The maximum absolute atomic E-state index is 12.4. The zero-order valence-electron chi connectivity index (χ0n) is 12.9. The molecule has 0 fully saturated rings. The lowest BCUT2D eigenvalue weighted by Gasteiger charge is -2.12. The average Bonchev–Trinajstić information content (AvgIpc) is 2.59. The van der Waals surface area contributed by atoms with Crippen LogP contribution in [0, 0.1) is 6.92 Å². The number of nitrogens with one attached hydrogen (secondary N) is 1. The Morgan fingerprint density at radius 3 is 2.50 bits per heavy atom. The summed E-state index contributed by atoms with van der Waals surface area (Å²) in [6.07, 6.45) is 2.94. The number of para-hydroxylation sites is 1. The van der Waals surface area contributed by atoms with E-state index in [9.17, 15) is 4.79 Å². The van der Waals surface area contributed by atoms with E-state index >= 15 is 0 Å². The minimum atomic E-state index is -0.338. The van der Waals surface area contributed by atoms with E-state index in [-0.39, 0.29) is 5.91 Å². The number of hydrogen-bond donors (Lipinski definition) is 1. The SMILES string of the molecule is Cc1ncc(C(=O)Nc2cc(Cl)ccc2Oc2ccccc2)cn1. The number of carbonyl (C=O) groups excluding carboxylic acids is 1. The largest absolute Gasteiger partial charge is 0.455 e. The van der Waals surface area contributed by atoms with E-state index in [2.05, 4.69) is 15.3 Å². The lowest BCUT2D eigenvalue weighted by atomic mass is 10.2. The Bertz CT molecular complexity index is 852. The number of ether oxygens (including phenoxy) is 1. The molecule has 0 spiro atoms. The first-order chi connectivity index (χ1) is 11.6. The first-order valence-electron chi connectivity index (χ1n) is 7.24. The minimum Gasteiger partial charge on any atom is -0.455 e. The van der Waals surface area contributed by atoms with Gasteiger partial charge in [0.15, 0.2) is 5.75 Å². The van der Waals surface area contributed by atoms with Gasteiger partial charge in [0.2, 0.25) is 0 Å². The number of rotatable bonds is 4. The van der Waals surface area contributed by atoms with Gasteiger partial charge >= 0.3 is 0 Å². The molecule has 0 bridgehead atoms. The van der Waals surface area contributed by atoms with E-state index in [0.717, 1.165) is 0 Å². The zero-order chi connectivity index (χ0) is 16.9. The van der Waals surface area contributed by atoms with Crippen molar-refractivity contribution in [2.75, 3.05) is 5.32 Å². The molecule has 0 saturated heterocycles. The van der Waals surface area contributed by atoms with Crippen molar-refractivity contribution in [1.82, 2.24) is 9.97 Å². The summed E-state index contributed by atoms with van der Waals surface area (Å²) in [7, 11) is 0. The third-order valence-corrected chi connectivity index (χ3v) is 3.44. The summed E-state index contributed by atoms with van der Waals surface area (Å²) in [5.41, 5.74) is 0.822. The highest BCUT2D eigenvalue weighted by Crippen LogP contribution is 2.32. The fourth-order valence-corrected chi connectivity index (χ4v) is 2.18. The van der Waals surface area contributed by atoms with Gasteiger partial charge in [0.25, 0.3) is 5.91 Å². The Hall–Kier alpha value is -2.92. The van der Waals surface area contributed by atoms with Crippen LogP contribution < -0.4 is 10.1 Å².